The van der Waals surface area contributed by atoms with E-state index in [2.05, 4.69) is 0 Å². The van der Waals surface area contributed by atoms with Crippen molar-refractivity contribution >= 4 is 5.97 Å². The van der Waals surface area contributed by atoms with Crippen LogP contribution in [0.5, 0.6) is 0 Å². The van der Waals surface area contributed by atoms with Crippen LogP contribution in [0.3, 0.4) is 0 Å². The number of rotatable bonds is 4. The molecule has 23 heavy (non-hydrogen) atoms. The molecule has 1 N–H and O–H groups in total. The summed E-state index contributed by atoms with van der Waals surface area (Å²) in [5.74, 6) is -0.745. The van der Waals surface area contributed by atoms with Gasteiger partial charge in [0.2, 0.25) is 0 Å². The highest BCUT2D eigenvalue weighted by Gasteiger charge is 2.42. The predicted octanol–water partition coefficient (Wildman–Crippen LogP) is 3.12. The van der Waals surface area contributed by atoms with Gasteiger partial charge in [0, 0.05) is 18.4 Å². The van der Waals surface area contributed by atoms with Crippen molar-refractivity contribution in [2.45, 2.75) is 51.0 Å². The quantitative estimate of drug-likeness (QED) is 0.943. The van der Waals surface area contributed by atoms with E-state index in [-0.39, 0.29) is 11.7 Å². The highest BCUT2D eigenvalue weighted by Crippen LogP contribution is 2.41. The molecule has 0 saturated heterocycles. The van der Waals surface area contributed by atoms with Gasteiger partial charge < -0.3 is 5.11 Å². The van der Waals surface area contributed by atoms with E-state index in [9.17, 15) is 14.7 Å². The molecule has 1 aromatic heterocycles. The van der Waals surface area contributed by atoms with Crippen molar-refractivity contribution in [2.24, 2.45) is 0 Å². The minimum atomic E-state index is -0.757. The Balaban J connectivity index is 1.97. The van der Waals surface area contributed by atoms with Gasteiger partial charge in [-0.2, -0.15) is 0 Å². The number of imidazole rings is 1. The van der Waals surface area contributed by atoms with E-state index in [0.29, 0.717) is 12.8 Å². The Bertz CT molecular complexity index is 762. The molecule has 1 aromatic carbocycles. The third-order valence-electron chi connectivity index (χ3n) is 4.92. The fourth-order valence-corrected chi connectivity index (χ4v) is 3.53. The van der Waals surface area contributed by atoms with Crippen molar-refractivity contribution in [2.75, 3.05) is 0 Å². The molecule has 1 aliphatic rings. The lowest BCUT2D eigenvalue weighted by molar-refractivity contribution is -0.143. The van der Waals surface area contributed by atoms with Crippen LogP contribution < -0.4 is 5.69 Å². The molecule has 0 bridgehead atoms. The minimum Gasteiger partial charge on any atom is -0.481 e. The van der Waals surface area contributed by atoms with E-state index in [0.717, 1.165) is 24.1 Å². The summed E-state index contributed by atoms with van der Waals surface area (Å²) in [7, 11) is 0. The standard InChI is InChI=1S/C18H22N2O3/c1-13(2)19-11-12-20(17(19)23)15-7-5-14(6-8-15)18(16(21)22)9-3-4-10-18/h5-8,11-13H,3-4,9-10H2,1-2H3,(H,21,22). The zero-order chi connectivity index (χ0) is 16.6. The number of hydrogen-bond acceptors (Lipinski definition) is 2. The topological polar surface area (TPSA) is 64.2 Å². The van der Waals surface area contributed by atoms with Gasteiger partial charge in [-0.25, -0.2) is 4.79 Å². The summed E-state index contributed by atoms with van der Waals surface area (Å²) in [6.07, 6.45) is 6.79. The summed E-state index contributed by atoms with van der Waals surface area (Å²) in [6, 6.07) is 7.49. The molecule has 1 fully saturated rings. The monoisotopic (exact) mass is 314 g/mol. The molecule has 122 valence electrons. The molecule has 1 saturated carbocycles. The number of hydrogen-bond donors (Lipinski definition) is 1. The maximum atomic E-state index is 12.4. The number of nitrogens with zero attached hydrogens (tertiary/aromatic N) is 2. The van der Waals surface area contributed by atoms with Crippen LogP contribution in [0.25, 0.3) is 5.69 Å². The number of benzene rings is 1. The van der Waals surface area contributed by atoms with Crippen LogP contribution in [0.15, 0.2) is 41.5 Å². The Labute approximate surface area is 135 Å². The zero-order valence-corrected chi connectivity index (χ0v) is 13.5. The summed E-state index contributed by atoms with van der Waals surface area (Å²) < 4.78 is 3.26. The van der Waals surface area contributed by atoms with Crippen molar-refractivity contribution < 1.29 is 9.90 Å². The summed E-state index contributed by atoms with van der Waals surface area (Å²) in [5.41, 5.74) is 0.758. The van der Waals surface area contributed by atoms with Crippen LogP contribution in [0.4, 0.5) is 0 Å². The van der Waals surface area contributed by atoms with Crippen molar-refractivity contribution in [3.63, 3.8) is 0 Å². The third kappa shape index (κ3) is 2.50. The fourth-order valence-electron chi connectivity index (χ4n) is 3.53. The Morgan fingerprint density at radius 3 is 2.22 bits per heavy atom. The van der Waals surface area contributed by atoms with Crippen molar-refractivity contribution in [3.05, 3.63) is 52.7 Å². The van der Waals surface area contributed by atoms with Gasteiger partial charge >= 0.3 is 11.7 Å². The Hall–Kier alpha value is -2.30. The van der Waals surface area contributed by atoms with Gasteiger partial charge in [-0.15, -0.1) is 0 Å². The highest BCUT2D eigenvalue weighted by atomic mass is 16.4. The smallest absolute Gasteiger partial charge is 0.332 e. The first-order chi connectivity index (χ1) is 11.0. The molecule has 0 radical (unpaired) electrons. The molecule has 0 spiro atoms. The number of carboxylic acids is 1. The second-order valence-corrected chi connectivity index (χ2v) is 6.59. The highest BCUT2D eigenvalue weighted by molar-refractivity contribution is 5.81. The van der Waals surface area contributed by atoms with Gasteiger partial charge in [0.25, 0.3) is 0 Å². The number of aliphatic carboxylic acids is 1. The lowest BCUT2D eigenvalue weighted by Crippen LogP contribution is -2.32. The maximum Gasteiger partial charge on any atom is 0.332 e. The number of aromatic nitrogens is 2. The Morgan fingerprint density at radius 1 is 1.13 bits per heavy atom. The van der Waals surface area contributed by atoms with Gasteiger partial charge in [-0.05, 0) is 44.4 Å². The second-order valence-electron chi connectivity index (χ2n) is 6.59. The molecule has 1 aliphatic carbocycles. The first kappa shape index (κ1) is 15.6. The Kier molecular flexibility index (Phi) is 3.88. The average molecular weight is 314 g/mol. The molecule has 2 aromatic rings. The van der Waals surface area contributed by atoms with Gasteiger partial charge in [0.05, 0.1) is 11.1 Å². The lowest BCUT2D eigenvalue weighted by atomic mass is 9.79. The minimum absolute atomic E-state index is 0.0819. The maximum absolute atomic E-state index is 12.4. The summed E-state index contributed by atoms with van der Waals surface area (Å²) in [5, 5.41) is 9.65. The van der Waals surface area contributed by atoms with E-state index in [1.54, 1.807) is 21.5 Å². The molecular formula is C18H22N2O3. The van der Waals surface area contributed by atoms with E-state index in [1.165, 1.54) is 0 Å². The van der Waals surface area contributed by atoms with E-state index >= 15 is 0 Å². The van der Waals surface area contributed by atoms with Gasteiger partial charge in [-0.3, -0.25) is 13.9 Å². The molecule has 0 aliphatic heterocycles. The SMILES string of the molecule is CC(C)n1ccn(-c2ccc(C3(C(=O)O)CCCC3)cc2)c1=O. The predicted molar refractivity (Wildman–Crippen MR) is 88.2 cm³/mol. The summed E-state index contributed by atoms with van der Waals surface area (Å²) >= 11 is 0. The lowest BCUT2D eigenvalue weighted by Gasteiger charge is -2.24. The normalized spacial score (nSPS) is 16.8. The summed E-state index contributed by atoms with van der Waals surface area (Å²) in [6.45, 7) is 3.93. The molecule has 3 rings (SSSR count). The van der Waals surface area contributed by atoms with Crippen molar-refractivity contribution in [1.29, 1.82) is 0 Å². The first-order valence-corrected chi connectivity index (χ1v) is 8.09. The number of carboxylic acid groups (broad SMARTS) is 1. The fraction of sp³-hybridized carbons (Fsp3) is 0.444. The average Bonchev–Trinajstić information content (AvgIpc) is 3.15. The van der Waals surface area contributed by atoms with Gasteiger partial charge in [0.1, 0.15) is 0 Å². The van der Waals surface area contributed by atoms with Crippen LogP contribution in [-0.4, -0.2) is 20.2 Å². The van der Waals surface area contributed by atoms with E-state index in [4.69, 9.17) is 0 Å². The molecule has 5 heteroatoms. The molecule has 0 atom stereocenters. The van der Waals surface area contributed by atoms with Gasteiger partial charge in [-0.1, -0.05) is 25.0 Å². The van der Waals surface area contributed by atoms with Crippen LogP contribution in [-0.2, 0) is 10.2 Å². The third-order valence-corrected chi connectivity index (χ3v) is 4.92. The van der Waals surface area contributed by atoms with Crippen LogP contribution in [0, 0.1) is 0 Å². The molecule has 1 heterocycles. The molecular weight excluding hydrogens is 292 g/mol. The van der Waals surface area contributed by atoms with E-state index in [1.807, 2.05) is 38.1 Å². The summed E-state index contributed by atoms with van der Waals surface area (Å²) in [4.78, 5) is 24.1. The molecule has 5 nitrogen and oxygen atoms in total. The largest absolute Gasteiger partial charge is 0.481 e. The van der Waals surface area contributed by atoms with Crippen LogP contribution >= 0.6 is 0 Å². The van der Waals surface area contributed by atoms with Crippen molar-refractivity contribution in [3.8, 4) is 5.69 Å². The molecule has 0 unspecified atom stereocenters. The van der Waals surface area contributed by atoms with E-state index < -0.39 is 11.4 Å². The first-order valence-electron chi connectivity index (χ1n) is 8.09. The van der Waals surface area contributed by atoms with Crippen LogP contribution in [0.1, 0.15) is 51.1 Å². The zero-order valence-electron chi connectivity index (χ0n) is 13.5. The Morgan fingerprint density at radius 2 is 1.74 bits per heavy atom. The van der Waals surface area contributed by atoms with Crippen molar-refractivity contribution in [1.82, 2.24) is 9.13 Å². The molecule has 0 amide bonds. The van der Waals surface area contributed by atoms with Gasteiger partial charge in [0.15, 0.2) is 0 Å². The second kappa shape index (κ2) is 5.72. The van der Waals surface area contributed by atoms with Crippen LogP contribution in [0.2, 0.25) is 0 Å². The number of carbonyl (C=O) groups is 1.